The molecule has 0 atom stereocenters. The fourth-order valence-corrected chi connectivity index (χ4v) is 1.24. The van der Waals surface area contributed by atoms with E-state index in [1.54, 1.807) is 24.3 Å². The Morgan fingerprint density at radius 2 is 1.75 bits per heavy atom. The van der Waals surface area contributed by atoms with Crippen LogP contribution in [0.1, 0.15) is 0 Å². The van der Waals surface area contributed by atoms with Gasteiger partial charge in [0.1, 0.15) is 0 Å². The van der Waals surface area contributed by atoms with Crippen LogP contribution in [0.25, 0.3) is 10.8 Å². The second kappa shape index (κ2) is 2.68. The maximum atomic E-state index is 12.9. The third kappa shape index (κ3) is 1.02. The van der Waals surface area contributed by atoms with E-state index in [4.69, 9.17) is 11.6 Å². The zero-order valence-electron chi connectivity index (χ0n) is 5.96. The van der Waals surface area contributed by atoms with Crippen molar-refractivity contribution >= 4 is 22.4 Å². The highest BCUT2D eigenvalue weighted by molar-refractivity contribution is 6.34. The Morgan fingerprint density at radius 1 is 1.08 bits per heavy atom. The molecule has 0 aliphatic heterocycles. The summed E-state index contributed by atoms with van der Waals surface area (Å²) in [6, 6.07) is 6.82. The molecule has 0 fully saturated rings. The molecule has 1 heterocycles. The lowest BCUT2D eigenvalue weighted by Gasteiger charge is -1.97. The molecule has 0 aliphatic rings. The monoisotopic (exact) mass is 182 g/mol. The van der Waals surface area contributed by atoms with Gasteiger partial charge in [-0.2, -0.15) is 4.39 Å². The molecular weight excluding hydrogens is 179 g/mol. The second-order valence-corrected chi connectivity index (χ2v) is 2.69. The molecule has 2 rings (SSSR count). The van der Waals surface area contributed by atoms with E-state index in [2.05, 4.69) is 10.2 Å². The van der Waals surface area contributed by atoms with Crippen molar-refractivity contribution in [1.29, 1.82) is 0 Å². The summed E-state index contributed by atoms with van der Waals surface area (Å²) >= 11 is 5.69. The Hall–Kier alpha value is -1.22. The number of hydrogen-bond acceptors (Lipinski definition) is 2. The maximum absolute atomic E-state index is 12.9. The Labute approximate surface area is 73.0 Å². The molecule has 0 spiro atoms. The molecule has 0 N–H and O–H groups in total. The first-order valence-electron chi connectivity index (χ1n) is 3.35. The smallest absolute Gasteiger partial charge is 0.182 e. The van der Waals surface area contributed by atoms with Crippen molar-refractivity contribution in [3.8, 4) is 0 Å². The van der Waals surface area contributed by atoms with Crippen LogP contribution in [0.2, 0.25) is 5.15 Å². The standard InChI is InChI=1S/C8H4ClFN2/c9-7-5-3-1-2-4-6(5)8(10)12-11-7/h1-4H. The molecule has 1 aromatic carbocycles. The van der Waals surface area contributed by atoms with E-state index in [1.165, 1.54) is 0 Å². The molecule has 0 radical (unpaired) electrons. The van der Waals surface area contributed by atoms with Gasteiger partial charge >= 0.3 is 0 Å². The lowest BCUT2D eigenvalue weighted by atomic mass is 10.2. The van der Waals surface area contributed by atoms with Gasteiger partial charge in [-0.3, -0.25) is 0 Å². The fourth-order valence-electron chi connectivity index (χ4n) is 1.04. The molecule has 4 heteroatoms. The maximum Gasteiger partial charge on any atom is 0.241 e. The van der Waals surface area contributed by atoms with Gasteiger partial charge in [-0.1, -0.05) is 29.8 Å². The lowest BCUT2D eigenvalue weighted by molar-refractivity contribution is 0.577. The summed E-state index contributed by atoms with van der Waals surface area (Å²) in [5.41, 5.74) is 0. The average Bonchev–Trinajstić information content (AvgIpc) is 2.12. The zero-order chi connectivity index (χ0) is 8.55. The topological polar surface area (TPSA) is 25.8 Å². The van der Waals surface area contributed by atoms with Crippen LogP contribution >= 0.6 is 11.6 Å². The number of benzene rings is 1. The predicted molar refractivity (Wildman–Crippen MR) is 44.5 cm³/mol. The van der Waals surface area contributed by atoms with E-state index in [0.717, 1.165) is 0 Å². The molecule has 60 valence electrons. The molecule has 2 nitrogen and oxygen atoms in total. The van der Waals surface area contributed by atoms with Crippen molar-refractivity contribution < 1.29 is 4.39 Å². The van der Waals surface area contributed by atoms with Crippen molar-refractivity contribution in [2.24, 2.45) is 0 Å². The molecular formula is C8H4ClFN2. The third-order valence-electron chi connectivity index (χ3n) is 1.60. The summed E-state index contributed by atoms with van der Waals surface area (Å²) in [5.74, 6) is -0.588. The summed E-state index contributed by atoms with van der Waals surface area (Å²) in [5, 5.41) is 7.92. The van der Waals surface area contributed by atoms with Crippen LogP contribution in [0.15, 0.2) is 24.3 Å². The van der Waals surface area contributed by atoms with Gasteiger partial charge in [0.2, 0.25) is 5.95 Å². The van der Waals surface area contributed by atoms with Crippen molar-refractivity contribution in [1.82, 2.24) is 10.2 Å². The van der Waals surface area contributed by atoms with Crippen LogP contribution in [0, 0.1) is 5.95 Å². The molecule has 2 aromatic rings. The van der Waals surface area contributed by atoms with Crippen LogP contribution in [0.4, 0.5) is 4.39 Å². The molecule has 0 bridgehead atoms. The van der Waals surface area contributed by atoms with Gasteiger partial charge in [0.25, 0.3) is 0 Å². The first-order valence-corrected chi connectivity index (χ1v) is 3.73. The highest BCUT2D eigenvalue weighted by atomic mass is 35.5. The number of nitrogens with zero attached hydrogens (tertiary/aromatic N) is 2. The van der Waals surface area contributed by atoms with Crippen LogP contribution in [0.3, 0.4) is 0 Å². The molecule has 0 saturated heterocycles. The molecule has 12 heavy (non-hydrogen) atoms. The van der Waals surface area contributed by atoms with Gasteiger partial charge in [0.15, 0.2) is 5.15 Å². The number of halogens is 2. The van der Waals surface area contributed by atoms with E-state index in [9.17, 15) is 4.39 Å². The number of rotatable bonds is 0. The fraction of sp³-hybridized carbons (Fsp3) is 0. The van der Waals surface area contributed by atoms with E-state index in [-0.39, 0.29) is 5.15 Å². The van der Waals surface area contributed by atoms with Gasteiger partial charge in [-0.15, -0.1) is 10.2 Å². The molecule has 0 amide bonds. The quantitative estimate of drug-likeness (QED) is 0.625. The highest BCUT2D eigenvalue weighted by Gasteiger charge is 2.04. The Kier molecular flexibility index (Phi) is 1.66. The molecule has 0 unspecified atom stereocenters. The number of hydrogen-bond donors (Lipinski definition) is 0. The Morgan fingerprint density at radius 3 is 2.42 bits per heavy atom. The first kappa shape index (κ1) is 7.43. The average molecular weight is 183 g/mol. The van der Waals surface area contributed by atoms with Gasteiger partial charge < -0.3 is 0 Å². The molecule has 0 saturated carbocycles. The third-order valence-corrected chi connectivity index (χ3v) is 1.88. The van der Waals surface area contributed by atoms with E-state index in [1.807, 2.05) is 0 Å². The summed E-state index contributed by atoms with van der Waals surface area (Å²) in [6.45, 7) is 0. The summed E-state index contributed by atoms with van der Waals surface area (Å²) < 4.78 is 12.9. The summed E-state index contributed by atoms with van der Waals surface area (Å²) in [4.78, 5) is 0. The van der Waals surface area contributed by atoms with Crippen LogP contribution in [-0.4, -0.2) is 10.2 Å². The van der Waals surface area contributed by atoms with Gasteiger partial charge in [-0.05, 0) is 6.07 Å². The second-order valence-electron chi connectivity index (χ2n) is 2.33. The van der Waals surface area contributed by atoms with E-state index >= 15 is 0 Å². The van der Waals surface area contributed by atoms with Crippen LogP contribution in [0.5, 0.6) is 0 Å². The largest absolute Gasteiger partial charge is 0.241 e. The summed E-state index contributed by atoms with van der Waals surface area (Å²) in [6.07, 6.45) is 0. The Bertz CT molecular complexity index is 390. The normalized spacial score (nSPS) is 10.5. The minimum atomic E-state index is -0.588. The Balaban J connectivity index is 2.95. The van der Waals surface area contributed by atoms with Gasteiger partial charge in [0.05, 0.1) is 0 Å². The first-order chi connectivity index (χ1) is 5.79. The van der Waals surface area contributed by atoms with Crippen molar-refractivity contribution in [3.05, 3.63) is 35.4 Å². The van der Waals surface area contributed by atoms with E-state index in [0.29, 0.717) is 10.8 Å². The van der Waals surface area contributed by atoms with Gasteiger partial charge in [-0.25, -0.2) is 0 Å². The van der Waals surface area contributed by atoms with E-state index < -0.39 is 5.95 Å². The summed E-state index contributed by atoms with van der Waals surface area (Å²) in [7, 11) is 0. The molecule has 0 aliphatic carbocycles. The lowest BCUT2D eigenvalue weighted by Crippen LogP contribution is -1.90. The zero-order valence-corrected chi connectivity index (χ0v) is 6.72. The van der Waals surface area contributed by atoms with Crippen molar-refractivity contribution in [3.63, 3.8) is 0 Å². The predicted octanol–water partition coefficient (Wildman–Crippen LogP) is 2.42. The highest BCUT2D eigenvalue weighted by Crippen LogP contribution is 2.20. The van der Waals surface area contributed by atoms with Gasteiger partial charge in [0, 0.05) is 10.8 Å². The van der Waals surface area contributed by atoms with Crippen LogP contribution < -0.4 is 0 Å². The molecule has 1 aromatic heterocycles. The van der Waals surface area contributed by atoms with Crippen LogP contribution in [-0.2, 0) is 0 Å². The van der Waals surface area contributed by atoms with Crippen molar-refractivity contribution in [2.75, 3.05) is 0 Å². The number of aromatic nitrogens is 2. The number of fused-ring (bicyclic) bond motifs is 1. The minimum absolute atomic E-state index is 0.229. The SMILES string of the molecule is Fc1nnc(Cl)c2ccccc12. The minimum Gasteiger partial charge on any atom is -0.182 e. The van der Waals surface area contributed by atoms with Crippen molar-refractivity contribution in [2.45, 2.75) is 0 Å².